The van der Waals surface area contributed by atoms with Crippen LogP contribution < -0.4 is 10.6 Å². The molecular weight excluding hydrogens is 544 g/mol. The Morgan fingerprint density at radius 2 is 1.73 bits per heavy atom. The molecule has 0 spiro atoms. The Bertz CT molecular complexity index is 1330. The number of carbonyl (C=O) groups excluding carboxylic acids is 4. The monoisotopic (exact) mass is 574 g/mol. The van der Waals surface area contributed by atoms with E-state index >= 15 is 0 Å². The molecule has 3 rings (SSSR count). The first-order chi connectivity index (χ1) is 19.5. The SMILES string of the molecule is CC(=O)N(O)CCCCNC(=O)[C@H](COC(=O)c1cccc(O)c1O)NC(=O)[C@@H]1COC(c2cccc(O)c2O)=N1. The zero-order valence-electron chi connectivity index (χ0n) is 21.9. The molecule has 2 aromatic rings. The number of esters is 1. The Balaban J connectivity index is 1.67. The van der Waals surface area contributed by atoms with Crippen molar-refractivity contribution in [2.45, 2.75) is 31.8 Å². The maximum absolute atomic E-state index is 12.9. The number of rotatable bonds is 12. The number of carbonyl (C=O) groups is 4. The topological polar surface area (TPSA) is 228 Å². The van der Waals surface area contributed by atoms with Crippen molar-refractivity contribution in [3.63, 3.8) is 0 Å². The molecule has 15 heteroatoms. The van der Waals surface area contributed by atoms with Crippen LogP contribution in [0, 0.1) is 0 Å². The van der Waals surface area contributed by atoms with E-state index in [0.29, 0.717) is 17.9 Å². The van der Waals surface area contributed by atoms with Gasteiger partial charge in [0.15, 0.2) is 29.0 Å². The van der Waals surface area contributed by atoms with Gasteiger partial charge in [-0.2, -0.15) is 0 Å². The van der Waals surface area contributed by atoms with Gasteiger partial charge in [-0.3, -0.25) is 19.6 Å². The van der Waals surface area contributed by atoms with Gasteiger partial charge in [-0.1, -0.05) is 12.1 Å². The summed E-state index contributed by atoms with van der Waals surface area (Å²) in [6, 6.07) is 5.22. The van der Waals surface area contributed by atoms with E-state index in [9.17, 15) is 44.8 Å². The molecule has 15 nitrogen and oxygen atoms in total. The Hall–Kier alpha value is -5.05. The number of hydrogen-bond acceptors (Lipinski definition) is 12. The van der Waals surface area contributed by atoms with Crippen LogP contribution in [0.25, 0.3) is 0 Å². The van der Waals surface area contributed by atoms with Gasteiger partial charge in [0.25, 0.3) is 0 Å². The van der Waals surface area contributed by atoms with E-state index in [1.54, 1.807) is 0 Å². The summed E-state index contributed by atoms with van der Waals surface area (Å²) < 4.78 is 10.5. The van der Waals surface area contributed by atoms with Crippen molar-refractivity contribution in [3.8, 4) is 23.0 Å². The summed E-state index contributed by atoms with van der Waals surface area (Å²) in [5.74, 6) is -5.37. The van der Waals surface area contributed by atoms with E-state index in [-0.39, 0.29) is 36.7 Å². The molecule has 1 heterocycles. The first-order valence-corrected chi connectivity index (χ1v) is 12.4. The fraction of sp³-hybridized carbons (Fsp3) is 0.346. The minimum atomic E-state index is -1.41. The molecule has 0 aliphatic carbocycles. The molecule has 0 bridgehead atoms. The number of unbranched alkanes of at least 4 members (excludes halogenated alkanes) is 1. The summed E-state index contributed by atoms with van der Waals surface area (Å²) in [7, 11) is 0. The molecule has 0 saturated heterocycles. The van der Waals surface area contributed by atoms with Crippen molar-refractivity contribution < 1.29 is 54.3 Å². The van der Waals surface area contributed by atoms with Gasteiger partial charge < -0.3 is 40.5 Å². The Morgan fingerprint density at radius 3 is 2.44 bits per heavy atom. The number of aromatic hydroxyl groups is 4. The molecule has 41 heavy (non-hydrogen) atoms. The summed E-state index contributed by atoms with van der Waals surface area (Å²) in [5.41, 5.74) is -0.306. The molecular formula is C26H30N4O11. The van der Waals surface area contributed by atoms with Gasteiger partial charge in [-0.15, -0.1) is 0 Å². The number of ether oxygens (including phenoxy) is 2. The molecule has 1 aliphatic heterocycles. The quantitative estimate of drug-likeness (QED) is 0.0592. The van der Waals surface area contributed by atoms with Crippen LogP contribution in [0.4, 0.5) is 0 Å². The third-order valence-electron chi connectivity index (χ3n) is 5.91. The lowest BCUT2D eigenvalue weighted by atomic mass is 10.2. The number of aliphatic imine (C=N–C) groups is 1. The summed E-state index contributed by atoms with van der Waals surface area (Å²) in [6.45, 7) is 0.450. The molecule has 0 unspecified atom stereocenters. The fourth-order valence-corrected chi connectivity index (χ4v) is 3.62. The number of phenols is 4. The maximum atomic E-state index is 12.9. The lowest BCUT2D eigenvalue weighted by Gasteiger charge is -2.20. The normalized spacial score (nSPS) is 14.8. The van der Waals surface area contributed by atoms with Crippen molar-refractivity contribution in [2.24, 2.45) is 4.99 Å². The zero-order valence-corrected chi connectivity index (χ0v) is 21.9. The zero-order chi connectivity index (χ0) is 30.1. The van der Waals surface area contributed by atoms with Gasteiger partial charge in [0.1, 0.15) is 24.8 Å². The van der Waals surface area contributed by atoms with E-state index in [4.69, 9.17) is 9.47 Å². The Labute approximate surface area is 233 Å². The van der Waals surface area contributed by atoms with Gasteiger partial charge in [-0.25, -0.2) is 14.9 Å². The summed E-state index contributed by atoms with van der Waals surface area (Å²) in [5, 5.41) is 54.3. The minimum absolute atomic E-state index is 0.0488. The molecule has 0 aromatic heterocycles. The number of hydrogen-bond donors (Lipinski definition) is 7. The smallest absolute Gasteiger partial charge is 0.342 e. The molecule has 3 amide bonds. The molecule has 2 aromatic carbocycles. The molecule has 0 saturated carbocycles. The number of para-hydroxylation sites is 2. The van der Waals surface area contributed by atoms with Gasteiger partial charge in [0, 0.05) is 20.0 Å². The number of nitrogens with zero attached hydrogens (tertiary/aromatic N) is 2. The van der Waals surface area contributed by atoms with E-state index in [1.807, 2.05) is 0 Å². The van der Waals surface area contributed by atoms with E-state index < -0.39 is 65.4 Å². The first kappa shape index (κ1) is 30.5. The molecule has 220 valence electrons. The van der Waals surface area contributed by atoms with Crippen molar-refractivity contribution in [1.82, 2.24) is 15.7 Å². The highest BCUT2D eigenvalue weighted by Crippen LogP contribution is 2.30. The Kier molecular flexibility index (Phi) is 10.3. The average Bonchev–Trinajstić information content (AvgIpc) is 3.43. The lowest BCUT2D eigenvalue weighted by Crippen LogP contribution is -2.52. The fourth-order valence-electron chi connectivity index (χ4n) is 3.62. The van der Waals surface area contributed by atoms with Gasteiger partial charge >= 0.3 is 5.97 Å². The van der Waals surface area contributed by atoms with E-state index in [1.165, 1.54) is 37.3 Å². The predicted molar refractivity (Wildman–Crippen MR) is 139 cm³/mol. The summed E-state index contributed by atoms with van der Waals surface area (Å²) >= 11 is 0. The molecule has 0 fully saturated rings. The van der Waals surface area contributed by atoms with Crippen LogP contribution in [0.15, 0.2) is 41.4 Å². The van der Waals surface area contributed by atoms with Gasteiger partial charge in [0.05, 0.1) is 5.56 Å². The highest BCUT2D eigenvalue weighted by molar-refractivity contribution is 6.01. The third kappa shape index (κ3) is 7.98. The second kappa shape index (κ2) is 13.8. The van der Waals surface area contributed by atoms with Crippen molar-refractivity contribution in [2.75, 3.05) is 26.3 Å². The van der Waals surface area contributed by atoms with Gasteiger partial charge in [-0.05, 0) is 37.1 Å². The van der Waals surface area contributed by atoms with Crippen LogP contribution in [0.2, 0.25) is 0 Å². The molecule has 7 N–H and O–H groups in total. The number of phenolic OH excluding ortho intramolecular Hbond substituents is 4. The van der Waals surface area contributed by atoms with Crippen LogP contribution in [0.3, 0.4) is 0 Å². The number of hydroxylamine groups is 2. The lowest BCUT2D eigenvalue weighted by molar-refractivity contribution is -0.162. The van der Waals surface area contributed by atoms with Crippen molar-refractivity contribution in [3.05, 3.63) is 47.5 Å². The van der Waals surface area contributed by atoms with E-state index in [0.717, 1.165) is 6.07 Å². The first-order valence-electron chi connectivity index (χ1n) is 12.4. The third-order valence-corrected chi connectivity index (χ3v) is 5.91. The highest BCUT2D eigenvalue weighted by atomic mass is 16.5. The van der Waals surface area contributed by atoms with E-state index in [2.05, 4.69) is 15.6 Å². The minimum Gasteiger partial charge on any atom is -0.504 e. The van der Waals surface area contributed by atoms with Crippen LogP contribution in [0.5, 0.6) is 23.0 Å². The van der Waals surface area contributed by atoms with Crippen LogP contribution >= 0.6 is 0 Å². The van der Waals surface area contributed by atoms with Crippen LogP contribution in [-0.4, -0.2) is 98.7 Å². The van der Waals surface area contributed by atoms with Crippen molar-refractivity contribution in [1.29, 1.82) is 0 Å². The average molecular weight is 575 g/mol. The predicted octanol–water partition coefficient (Wildman–Crippen LogP) is 0.130. The molecule has 0 radical (unpaired) electrons. The highest BCUT2D eigenvalue weighted by Gasteiger charge is 2.32. The summed E-state index contributed by atoms with van der Waals surface area (Å²) in [4.78, 5) is 53.5. The largest absolute Gasteiger partial charge is 0.504 e. The maximum Gasteiger partial charge on any atom is 0.342 e. The molecule has 1 aliphatic rings. The number of nitrogens with one attached hydrogen (secondary N) is 2. The van der Waals surface area contributed by atoms with Crippen molar-refractivity contribution >= 4 is 29.6 Å². The van der Waals surface area contributed by atoms with Gasteiger partial charge in [0.2, 0.25) is 23.6 Å². The number of amides is 3. The standard InChI is InChI=1S/C26H30N4O11/c1-14(31)30(39)11-3-2-10-27-23(36)17(13-41-26(38)16-7-5-9-20(33)22(16)35)28-24(37)18-12-40-25(29-18)15-6-4-8-19(32)21(15)34/h4-9,17-18,32-35,39H,2-3,10-13H2,1H3,(H,27,36)(H,28,37)/t17-,18-/m0/s1. The second-order valence-electron chi connectivity index (χ2n) is 8.91. The second-order valence-corrected chi connectivity index (χ2v) is 8.91. The molecule has 2 atom stereocenters. The number of benzene rings is 2. The summed E-state index contributed by atoms with van der Waals surface area (Å²) in [6.07, 6.45) is 0.725. The Morgan fingerprint density at radius 1 is 1.05 bits per heavy atom. The van der Waals surface area contributed by atoms with Crippen LogP contribution in [0.1, 0.15) is 35.7 Å². The van der Waals surface area contributed by atoms with Crippen LogP contribution in [-0.2, 0) is 23.9 Å².